The Morgan fingerprint density at radius 1 is 0.742 bits per heavy atom. The fourth-order valence-corrected chi connectivity index (χ4v) is 4.60. The summed E-state index contributed by atoms with van der Waals surface area (Å²) in [6.07, 6.45) is 0. The number of halogens is 5. The van der Waals surface area contributed by atoms with Gasteiger partial charge in [0.15, 0.2) is 0 Å². The molecule has 0 fully saturated rings. The number of azo groups is 1. The van der Waals surface area contributed by atoms with Gasteiger partial charge in [-0.15, -0.1) is 15.3 Å². The van der Waals surface area contributed by atoms with Gasteiger partial charge in [0, 0.05) is 0 Å². The highest BCUT2D eigenvalue weighted by Crippen LogP contribution is 2.33. The Hall–Kier alpha value is -1.87. The van der Waals surface area contributed by atoms with E-state index in [1.807, 2.05) is 0 Å². The molecule has 0 saturated carbocycles. The average Bonchev–Trinajstić information content (AvgIpc) is 2.72. The van der Waals surface area contributed by atoms with Gasteiger partial charge in [0.2, 0.25) is 9.84 Å². The van der Waals surface area contributed by atoms with Crippen LogP contribution < -0.4 is 5.43 Å². The van der Waals surface area contributed by atoms with Crippen LogP contribution in [-0.2, 0) is 9.84 Å². The van der Waals surface area contributed by atoms with E-state index in [2.05, 4.69) is 20.8 Å². The van der Waals surface area contributed by atoms with Crippen LogP contribution >= 0.6 is 58.0 Å². The van der Waals surface area contributed by atoms with Crippen molar-refractivity contribution in [3.05, 3.63) is 85.8 Å². The molecule has 0 radical (unpaired) electrons. The molecule has 0 aliphatic heterocycles. The van der Waals surface area contributed by atoms with Gasteiger partial charge < -0.3 is 0 Å². The van der Waals surface area contributed by atoms with E-state index in [4.69, 9.17) is 58.0 Å². The first-order valence-electron chi connectivity index (χ1n) is 8.34. The molecule has 0 bridgehead atoms. The summed E-state index contributed by atoms with van der Waals surface area (Å²) in [4.78, 5) is -0.346. The zero-order valence-corrected chi connectivity index (χ0v) is 19.8. The summed E-state index contributed by atoms with van der Waals surface area (Å²) in [6.45, 7) is 0. The van der Waals surface area contributed by atoms with Gasteiger partial charge in [-0.2, -0.15) is 0 Å². The fourth-order valence-electron chi connectivity index (χ4n) is 2.23. The molecule has 0 atom stereocenters. The molecule has 160 valence electrons. The van der Waals surface area contributed by atoms with Crippen molar-refractivity contribution in [2.24, 2.45) is 15.3 Å². The van der Waals surface area contributed by atoms with Crippen molar-refractivity contribution in [1.29, 1.82) is 0 Å². The Morgan fingerprint density at radius 3 is 2.03 bits per heavy atom. The number of para-hydroxylation sites is 1. The van der Waals surface area contributed by atoms with Crippen molar-refractivity contribution in [2.75, 3.05) is 5.43 Å². The number of hydrazone groups is 1. The van der Waals surface area contributed by atoms with Crippen molar-refractivity contribution < 1.29 is 8.42 Å². The second-order valence-corrected chi connectivity index (χ2v) is 9.69. The van der Waals surface area contributed by atoms with E-state index in [9.17, 15) is 8.42 Å². The minimum atomic E-state index is -4.37. The third-order valence-corrected chi connectivity index (χ3v) is 7.11. The summed E-state index contributed by atoms with van der Waals surface area (Å²) < 4.78 is 26.5. The highest BCUT2D eigenvalue weighted by atomic mass is 35.5. The van der Waals surface area contributed by atoms with Gasteiger partial charge >= 0.3 is 0 Å². The summed E-state index contributed by atoms with van der Waals surface area (Å²) in [5.74, 6) is 0. The Balaban J connectivity index is 2.11. The van der Waals surface area contributed by atoms with Crippen LogP contribution in [-0.4, -0.2) is 13.6 Å². The van der Waals surface area contributed by atoms with E-state index < -0.39 is 15.0 Å². The molecule has 0 aliphatic rings. The molecule has 0 heterocycles. The van der Waals surface area contributed by atoms with Crippen LogP contribution in [0.15, 0.2) is 80.9 Å². The maximum Gasteiger partial charge on any atom is 0.289 e. The van der Waals surface area contributed by atoms with Gasteiger partial charge in [0.1, 0.15) is 5.69 Å². The summed E-state index contributed by atoms with van der Waals surface area (Å²) in [7, 11) is -4.37. The normalized spacial score (nSPS) is 12.4. The van der Waals surface area contributed by atoms with E-state index >= 15 is 0 Å². The van der Waals surface area contributed by atoms with Crippen molar-refractivity contribution in [2.45, 2.75) is 4.90 Å². The first-order valence-corrected chi connectivity index (χ1v) is 11.7. The van der Waals surface area contributed by atoms with Crippen LogP contribution in [0.25, 0.3) is 0 Å². The predicted octanol–water partition coefficient (Wildman–Crippen LogP) is 7.89. The maximum absolute atomic E-state index is 13.3. The first-order chi connectivity index (χ1) is 14.7. The summed E-state index contributed by atoms with van der Waals surface area (Å²) >= 11 is 30.2. The molecule has 3 aromatic rings. The molecule has 0 saturated heterocycles. The Morgan fingerprint density at radius 2 is 1.35 bits per heavy atom. The first kappa shape index (κ1) is 23.8. The lowest BCUT2D eigenvalue weighted by molar-refractivity contribution is 0.606. The highest BCUT2D eigenvalue weighted by Gasteiger charge is 2.27. The van der Waals surface area contributed by atoms with Crippen LogP contribution in [0.3, 0.4) is 0 Å². The topological polar surface area (TPSA) is 83.2 Å². The van der Waals surface area contributed by atoms with Crippen LogP contribution in [0, 0.1) is 0 Å². The molecule has 1 N–H and O–H groups in total. The van der Waals surface area contributed by atoms with E-state index in [1.165, 1.54) is 6.07 Å². The quantitative estimate of drug-likeness (QED) is 0.121. The number of hydrogen-bond acceptors (Lipinski definition) is 5. The molecule has 6 nitrogen and oxygen atoms in total. The van der Waals surface area contributed by atoms with Crippen LogP contribution in [0.2, 0.25) is 25.1 Å². The largest absolute Gasteiger partial charge is 0.289 e. The van der Waals surface area contributed by atoms with E-state index in [0.29, 0.717) is 10.7 Å². The monoisotopic (exact) mass is 534 g/mol. The molecule has 31 heavy (non-hydrogen) atoms. The van der Waals surface area contributed by atoms with Crippen LogP contribution in [0.1, 0.15) is 0 Å². The number of rotatable bonds is 4. The number of nitrogens with zero attached hydrogens (tertiary/aromatic N) is 3. The molecule has 0 aromatic heterocycles. The Kier molecular flexibility index (Phi) is 7.80. The minimum absolute atomic E-state index is 0.00824. The Bertz CT molecular complexity index is 1300. The molecule has 3 aromatic carbocycles. The van der Waals surface area contributed by atoms with Gasteiger partial charge in [-0.3, -0.25) is 5.43 Å². The maximum atomic E-state index is 13.3. The van der Waals surface area contributed by atoms with E-state index in [0.717, 1.165) is 6.07 Å². The standard InChI is InChI=1S/C19H11Cl5N4O2S/c20-11-5-1-3-7-16(11)25-27-19(28-26-17-8-4-2-6-12(17)21)31(29,30)18-10-14(23)13(22)9-15(18)24/h1-10,25H/b27-19+,28-26?. The van der Waals surface area contributed by atoms with E-state index in [1.54, 1.807) is 48.5 Å². The number of nitrogens with one attached hydrogen (secondary N) is 1. The van der Waals surface area contributed by atoms with Gasteiger partial charge in [-0.1, -0.05) is 82.3 Å². The van der Waals surface area contributed by atoms with Crippen LogP contribution in [0.5, 0.6) is 0 Å². The van der Waals surface area contributed by atoms with Gasteiger partial charge in [-0.05, 0) is 36.4 Å². The third kappa shape index (κ3) is 5.68. The van der Waals surface area contributed by atoms with Crippen molar-refractivity contribution in [1.82, 2.24) is 0 Å². The third-order valence-electron chi connectivity index (χ3n) is 3.75. The second kappa shape index (κ2) is 10.2. The molecule has 0 aliphatic carbocycles. The minimum Gasteiger partial charge on any atom is -0.274 e. The SMILES string of the molecule is O=S(=O)(/C(N=Nc1ccccc1Cl)=N/Nc1ccccc1Cl)c1cc(Cl)c(Cl)cc1Cl. The summed E-state index contributed by atoms with van der Waals surface area (Å²) in [5, 5.41) is 11.4. The summed E-state index contributed by atoms with van der Waals surface area (Å²) in [5.41, 5.74) is 3.17. The molecular weight excluding hydrogens is 526 g/mol. The molecule has 0 spiro atoms. The van der Waals surface area contributed by atoms with Crippen molar-refractivity contribution >= 4 is 84.4 Å². The number of benzene rings is 3. The number of anilines is 1. The lowest BCUT2D eigenvalue weighted by Crippen LogP contribution is -2.15. The lowest BCUT2D eigenvalue weighted by atomic mass is 10.3. The molecule has 3 rings (SSSR count). The zero-order valence-electron chi connectivity index (χ0n) is 15.2. The van der Waals surface area contributed by atoms with Crippen molar-refractivity contribution in [3.8, 4) is 0 Å². The predicted molar refractivity (Wildman–Crippen MR) is 127 cm³/mol. The Labute approximate surface area is 203 Å². The number of hydrogen-bond donors (Lipinski definition) is 1. The zero-order chi connectivity index (χ0) is 22.6. The van der Waals surface area contributed by atoms with Gasteiger partial charge in [0.05, 0.1) is 35.7 Å². The molecule has 0 amide bonds. The average molecular weight is 537 g/mol. The van der Waals surface area contributed by atoms with E-state index in [-0.39, 0.29) is 30.7 Å². The second-order valence-electron chi connectivity index (χ2n) is 5.84. The molecule has 12 heteroatoms. The fraction of sp³-hybridized carbons (Fsp3) is 0. The van der Waals surface area contributed by atoms with Gasteiger partial charge in [-0.25, -0.2) is 8.42 Å². The molecule has 0 unspecified atom stereocenters. The smallest absolute Gasteiger partial charge is 0.274 e. The number of amidine groups is 1. The molecular formula is C19H11Cl5N4O2S. The number of sulfone groups is 1. The highest BCUT2D eigenvalue weighted by molar-refractivity contribution is 8.06. The lowest BCUT2D eigenvalue weighted by Gasteiger charge is -2.09. The van der Waals surface area contributed by atoms with Crippen LogP contribution in [0.4, 0.5) is 11.4 Å². The van der Waals surface area contributed by atoms with Gasteiger partial charge in [0.25, 0.3) is 5.17 Å². The summed E-state index contributed by atoms with van der Waals surface area (Å²) in [6, 6.07) is 15.4. The van der Waals surface area contributed by atoms with Crippen molar-refractivity contribution in [3.63, 3.8) is 0 Å².